The summed E-state index contributed by atoms with van der Waals surface area (Å²) in [7, 11) is 0. The molecule has 0 saturated heterocycles. The molecule has 0 atom stereocenters. The Kier molecular flexibility index (Phi) is 5.94. The molecule has 4 nitrogen and oxygen atoms in total. The fraction of sp³-hybridized carbons (Fsp3) is 0.684. The third-order valence-corrected chi connectivity index (χ3v) is 7.76. The van der Waals surface area contributed by atoms with Crippen molar-refractivity contribution in [3.05, 3.63) is 16.0 Å². The standard InChI is InChI=1S/C19H30N2O2S2/c1-11-12(2)25-17(13(11)15(22)20-9-8-10-24-7)21-16(23)14-18(3,4)19(14,5)6/h14H,8-10H2,1-7H3,(H,20,22)(H,21,23). The number of thiophene rings is 1. The number of thioether (sulfide) groups is 1. The summed E-state index contributed by atoms with van der Waals surface area (Å²) in [5, 5.41) is 6.71. The summed E-state index contributed by atoms with van der Waals surface area (Å²) in [6.45, 7) is 13.1. The number of aryl methyl sites for hydroxylation is 1. The van der Waals surface area contributed by atoms with Crippen molar-refractivity contribution in [1.82, 2.24) is 5.32 Å². The Hall–Kier alpha value is -1.01. The molecule has 0 unspecified atom stereocenters. The van der Waals surface area contributed by atoms with Crippen molar-refractivity contribution in [2.24, 2.45) is 16.7 Å². The molecular formula is C19H30N2O2S2. The number of rotatable bonds is 7. The third-order valence-electron chi connectivity index (χ3n) is 5.94. The SMILES string of the molecule is CSCCCNC(=O)c1c(NC(=O)C2C(C)(C)C2(C)C)sc(C)c1C. The van der Waals surface area contributed by atoms with Crippen LogP contribution >= 0.6 is 23.1 Å². The maximum Gasteiger partial charge on any atom is 0.254 e. The molecule has 2 N–H and O–H groups in total. The van der Waals surface area contributed by atoms with Crippen LogP contribution < -0.4 is 10.6 Å². The number of hydrogen-bond donors (Lipinski definition) is 2. The molecule has 140 valence electrons. The lowest BCUT2D eigenvalue weighted by molar-refractivity contribution is -0.118. The van der Waals surface area contributed by atoms with Crippen molar-refractivity contribution < 1.29 is 9.59 Å². The molecule has 2 amide bonds. The summed E-state index contributed by atoms with van der Waals surface area (Å²) < 4.78 is 0. The van der Waals surface area contributed by atoms with Crippen molar-refractivity contribution in [2.45, 2.75) is 48.0 Å². The number of amides is 2. The summed E-state index contributed by atoms with van der Waals surface area (Å²) in [6.07, 6.45) is 3.00. The Labute approximate surface area is 159 Å². The van der Waals surface area contributed by atoms with E-state index in [0.717, 1.165) is 22.6 Å². The Bertz CT molecular complexity index is 663. The first-order valence-corrected chi connectivity index (χ1v) is 10.9. The lowest BCUT2D eigenvalue weighted by atomic mass is 10.0. The Morgan fingerprint density at radius 1 is 1.16 bits per heavy atom. The average molecular weight is 383 g/mol. The van der Waals surface area contributed by atoms with E-state index in [2.05, 4.69) is 44.6 Å². The van der Waals surface area contributed by atoms with E-state index in [0.29, 0.717) is 17.1 Å². The van der Waals surface area contributed by atoms with Crippen LogP contribution in [0.3, 0.4) is 0 Å². The molecule has 6 heteroatoms. The van der Waals surface area contributed by atoms with Gasteiger partial charge in [-0.25, -0.2) is 0 Å². The topological polar surface area (TPSA) is 58.2 Å². The van der Waals surface area contributed by atoms with E-state index in [9.17, 15) is 9.59 Å². The maximum absolute atomic E-state index is 12.8. The van der Waals surface area contributed by atoms with Gasteiger partial charge in [0.1, 0.15) is 5.00 Å². The first-order chi connectivity index (χ1) is 11.6. The second-order valence-electron chi connectivity index (χ2n) is 7.96. The van der Waals surface area contributed by atoms with Crippen LogP contribution in [0.4, 0.5) is 5.00 Å². The van der Waals surface area contributed by atoms with Gasteiger partial charge in [0.2, 0.25) is 5.91 Å². The summed E-state index contributed by atoms with van der Waals surface area (Å²) in [5.74, 6) is 0.928. The molecule has 0 spiro atoms. The van der Waals surface area contributed by atoms with Gasteiger partial charge in [0.05, 0.1) is 5.56 Å². The van der Waals surface area contributed by atoms with Crippen LogP contribution in [-0.4, -0.2) is 30.4 Å². The van der Waals surface area contributed by atoms with Crippen LogP contribution in [0.2, 0.25) is 0 Å². The molecule has 1 aliphatic carbocycles. The van der Waals surface area contributed by atoms with Gasteiger partial charge in [-0.2, -0.15) is 11.8 Å². The minimum absolute atomic E-state index is 0.0152. The van der Waals surface area contributed by atoms with Crippen LogP contribution in [0.25, 0.3) is 0 Å². The fourth-order valence-corrected chi connectivity index (χ4v) is 5.02. The van der Waals surface area contributed by atoms with Gasteiger partial charge in [0.25, 0.3) is 5.91 Å². The van der Waals surface area contributed by atoms with Crippen molar-refractivity contribution in [1.29, 1.82) is 0 Å². The van der Waals surface area contributed by atoms with E-state index < -0.39 is 0 Å². The number of nitrogens with one attached hydrogen (secondary N) is 2. The highest BCUT2D eigenvalue weighted by molar-refractivity contribution is 7.98. The van der Waals surface area contributed by atoms with Gasteiger partial charge >= 0.3 is 0 Å². The number of carbonyl (C=O) groups excluding carboxylic acids is 2. The summed E-state index contributed by atoms with van der Waals surface area (Å²) in [6, 6.07) is 0. The van der Waals surface area contributed by atoms with Gasteiger partial charge in [0.15, 0.2) is 0 Å². The lowest BCUT2D eigenvalue weighted by Crippen LogP contribution is -2.27. The van der Waals surface area contributed by atoms with Gasteiger partial charge in [-0.1, -0.05) is 27.7 Å². The van der Waals surface area contributed by atoms with Crippen molar-refractivity contribution >= 4 is 39.9 Å². The highest BCUT2D eigenvalue weighted by Crippen LogP contribution is 2.68. The van der Waals surface area contributed by atoms with E-state index in [1.165, 1.54) is 11.3 Å². The summed E-state index contributed by atoms with van der Waals surface area (Å²) >= 11 is 3.26. The van der Waals surface area contributed by atoms with Crippen LogP contribution in [0.5, 0.6) is 0 Å². The zero-order valence-electron chi connectivity index (χ0n) is 16.3. The summed E-state index contributed by atoms with van der Waals surface area (Å²) in [4.78, 5) is 26.5. The number of carbonyl (C=O) groups is 2. The Morgan fingerprint density at radius 3 is 2.28 bits per heavy atom. The van der Waals surface area contributed by atoms with Crippen molar-refractivity contribution in [3.8, 4) is 0 Å². The first kappa shape index (κ1) is 20.3. The fourth-order valence-electron chi connectivity index (χ4n) is 3.53. The van der Waals surface area contributed by atoms with E-state index in [1.54, 1.807) is 11.8 Å². The predicted molar refractivity (Wildman–Crippen MR) is 109 cm³/mol. The minimum atomic E-state index is -0.0902. The zero-order chi connectivity index (χ0) is 19.0. The molecule has 1 aromatic heterocycles. The molecule has 0 radical (unpaired) electrons. The van der Waals surface area contributed by atoms with Gasteiger partial charge < -0.3 is 10.6 Å². The van der Waals surface area contributed by atoms with E-state index in [-0.39, 0.29) is 28.6 Å². The van der Waals surface area contributed by atoms with Gasteiger partial charge in [-0.3, -0.25) is 9.59 Å². The molecule has 0 bridgehead atoms. The predicted octanol–water partition coefficient (Wildman–Crippen LogP) is 4.47. The molecule has 0 aromatic carbocycles. The van der Waals surface area contributed by atoms with Gasteiger partial charge in [-0.05, 0) is 48.7 Å². The molecule has 1 aliphatic rings. The molecule has 1 heterocycles. The van der Waals surface area contributed by atoms with Crippen molar-refractivity contribution in [3.63, 3.8) is 0 Å². The van der Waals surface area contributed by atoms with Crippen LogP contribution in [0.1, 0.15) is 54.9 Å². The van der Waals surface area contributed by atoms with Crippen molar-refractivity contribution in [2.75, 3.05) is 23.9 Å². The molecular weight excluding hydrogens is 352 g/mol. The van der Waals surface area contributed by atoms with E-state index in [4.69, 9.17) is 0 Å². The highest BCUT2D eigenvalue weighted by Gasteiger charge is 2.68. The first-order valence-electron chi connectivity index (χ1n) is 8.73. The Morgan fingerprint density at radius 2 is 1.76 bits per heavy atom. The van der Waals surface area contributed by atoms with Gasteiger partial charge in [0, 0.05) is 17.3 Å². The second-order valence-corrected chi connectivity index (χ2v) is 10.2. The molecule has 1 aromatic rings. The summed E-state index contributed by atoms with van der Waals surface area (Å²) in [5.41, 5.74) is 1.55. The number of anilines is 1. The normalized spacial score (nSPS) is 18.0. The third kappa shape index (κ3) is 3.75. The molecule has 1 saturated carbocycles. The lowest BCUT2D eigenvalue weighted by Gasteiger charge is -2.09. The Balaban J connectivity index is 2.13. The monoisotopic (exact) mass is 382 g/mol. The smallest absolute Gasteiger partial charge is 0.254 e. The van der Waals surface area contributed by atoms with Crippen LogP contribution in [-0.2, 0) is 4.79 Å². The van der Waals surface area contributed by atoms with Gasteiger partial charge in [-0.15, -0.1) is 11.3 Å². The quantitative estimate of drug-likeness (QED) is 0.684. The zero-order valence-corrected chi connectivity index (χ0v) is 18.0. The molecule has 0 aliphatic heterocycles. The molecule has 2 rings (SSSR count). The molecule has 25 heavy (non-hydrogen) atoms. The largest absolute Gasteiger partial charge is 0.352 e. The van der Waals surface area contributed by atoms with E-state index >= 15 is 0 Å². The average Bonchev–Trinajstić information content (AvgIpc) is 2.75. The maximum atomic E-state index is 12.8. The molecule has 1 fully saturated rings. The highest BCUT2D eigenvalue weighted by atomic mass is 32.2. The second kappa shape index (κ2) is 7.31. The van der Waals surface area contributed by atoms with Crippen LogP contribution in [0.15, 0.2) is 0 Å². The van der Waals surface area contributed by atoms with Crippen LogP contribution in [0, 0.1) is 30.6 Å². The van der Waals surface area contributed by atoms with E-state index in [1.807, 2.05) is 13.8 Å². The minimum Gasteiger partial charge on any atom is -0.352 e. The number of hydrogen-bond acceptors (Lipinski definition) is 4.